The second-order valence-corrected chi connectivity index (χ2v) is 8.49. The van der Waals surface area contributed by atoms with E-state index in [2.05, 4.69) is 5.32 Å². The smallest absolute Gasteiger partial charge is 0.276 e. The van der Waals surface area contributed by atoms with Crippen LogP contribution in [0.5, 0.6) is 0 Å². The second-order valence-electron chi connectivity index (χ2n) is 8.49. The number of hydrogen-bond donors (Lipinski definition) is 3. The molecule has 1 aromatic carbocycles. The molecule has 170 valence electrons. The first-order chi connectivity index (χ1) is 15.3. The van der Waals surface area contributed by atoms with Crippen LogP contribution in [0.1, 0.15) is 31.2 Å². The molecule has 10 heteroatoms. The van der Waals surface area contributed by atoms with E-state index in [9.17, 15) is 28.6 Å². The minimum atomic E-state index is -1.70. The number of rotatable bonds is 3. The van der Waals surface area contributed by atoms with Crippen LogP contribution < -0.4 is 5.32 Å². The second kappa shape index (κ2) is 7.86. The summed E-state index contributed by atoms with van der Waals surface area (Å²) >= 11 is 0. The average Bonchev–Trinajstić information content (AvgIpc) is 3.14. The number of amides is 2. The van der Waals surface area contributed by atoms with Gasteiger partial charge in [-0.1, -0.05) is 18.9 Å². The van der Waals surface area contributed by atoms with E-state index in [-0.39, 0.29) is 42.1 Å². The molecule has 3 N–H and O–H groups in total. The molecule has 8 nitrogen and oxygen atoms in total. The molecule has 2 amide bonds. The zero-order valence-corrected chi connectivity index (χ0v) is 17.1. The van der Waals surface area contributed by atoms with Crippen molar-refractivity contribution in [1.29, 1.82) is 0 Å². The van der Waals surface area contributed by atoms with Gasteiger partial charge in [0.2, 0.25) is 0 Å². The standard InChI is InChI=1S/C22H23F2N3O5/c23-12-6-5-11(14(24)7-12)8-25-21(30)13-9-26-10-17-27(15-3-1-2-4-16(15)32-17)22(31)18(26)20(29)19(13)28/h5-7,9,15-17,19,28-29H,1-4,8,10H2,(H,25,30)/t15-,16+,17?,19?/m1/s1. The Balaban J connectivity index is 1.35. The molecule has 1 aliphatic carbocycles. The number of halogens is 2. The number of carbonyl (C=O) groups is 2. The molecule has 1 saturated carbocycles. The van der Waals surface area contributed by atoms with E-state index >= 15 is 0 Å². The first-order valence-corrected chi connectivity index (χ1v) is 10.6. The lowest BCUT2D eigenvalue weighted by Gasteiger charge is -2.42. The summed E-state index contributed by atoms with van der Waals surface area (Å²) in [6, 6.07) is 2.94. The number of benzene rings is 1. The molecule has 0 aromatic heterocycles. The number of ether oxygens (including phenoxy) is 1. The highest BCUT2D eigenvalue weighted by molar-refractivity contribution is 5.99. The van der Waals surface area contributed by atoms with Gasteiger partial charge in [-0.05, 0) is 18.9 Å². The fourth-order valence-electron chi connectivity index (χ4n) is 4.97. The Morgan fingerprint density at radius 1 is 1.25 bits per heavy atom. The van der Waals surface area contributed by atoms with Crippen molar-refractivity contribution in [2.24, 2.45) is 0 Å². The highest BCUT2D eigenvalue weighted by Gasteiger charge is 2.52. The topological polar surface area (TPSA) is 102 Å². The van der Waals surface area contributed by atoms with Crippen LogP contribution in [0.25, 0.3) is 0 Å². The van der Waals surface area contributed by atoms with Gasteiger partial charge in [0.15, 0.2) is 12.0 Å². The molecule has 3 aliphatic heterocycles. The van der Waals surface area contributed by atoms with E-state index in [1.807, 2.05) is 0 Å². The van der Waals surface area contributed by atoms with Gasteiger partial charge >= 0.3 is 0 Å². The Morgan fingerprint density at radius 2 is 2.03 bits per heavy atom. The Hall–Kier alpha value is -2.98. The van der Waals surface area contributed by atoms with E-state index in [0.29, 0.717) is 6.07 Å². The van der Waals surface area contributed by atoms with Crippen LogP contribution in [-0.4, -0.2) is 62.8 Å². The first-order valence-electron chi connectivity index (χ1n) is 10.6. The molecule has 4 atom stereocenters. The molecule has 1 aromatic rings. The number of carbonyl (C=O) groups excluding carboxylic acids is 2. The normalized spacial score (nSPS) is 29.3. The molecular formula is C22H23F2N3O5. The molecule has 3 fully saturated rings. The predicted molar refractivity (Wildman–Crippen MR) is 106 cm³/mol. The van der Waals surface area contributed by atoms with E-state index in [4.69, 9.17) is 4.74 Å². The third-order valence-electron chi connectivity index (χ3n) is 6.55. The van der Waals surface area contributed by atoms with Crippen molar-refractivity contribution < 1.29 is 33.3 Å². The number of piperazine rings is 1. The zero-order chi connectivity index (χ0) is 22.6. The summed E-state index contributed by atoms with van der Waals surface area (Å²) < 4.78 is 33.0. The van der Waals surface area contributed by atoms with E-state index in [1.165, 1.54) is 17.2 Å². The Labute approximate surface area is 182 Å². The van der Waals surface area contributed by atoms with Gasteiger partial charge < -0.3 is 30.1 Å². The number of nitrogens with zero attached hydrogens (tertiary/aromatic N) is 2. The summed E-state index contributed by atoms with van der Waals surface area (Å²) in [4.78, 5) is 28.9. The quantitative estimate of drug-likeness (QED) is 0.648. The van der Waals surface area contributed by atoms with E-state index in [1.54, 1.807) is 4.90 Å². The largest absolute Gasteiger partial charge is 0.507 e. The minimum Gasteiger partial charge on any atom is -0.507 e. The number of nitrogens with one attached hydrogen (secondary N) is 1. The summed E-state index contributed by atoms with van der Waals surface area (Å²) in [7, 11) is 0. The summed E-state index contributed by atoms with van der Waals surface area (Å²) in [6.45, 7) is -0.0254. The van der Waals surface area contributed by atoms with Crippen molar-refractivity contribution in [3.8, 4) is 0 Å². The van der Waals surface area contributed by atoms with Crippen LogP contribution in [0.4, 0.5) is 8.78 Å². The van der Waals surface area contributed by atoms with Crippen molar-refractivity contribution in [3.63, 3.8) is 0 Å². The number of fused-ring (bicyclic) bond motifs is 4. The SMILES string of the molecule is O=C(NCc1ccc(F)cc1F)C1=CN2CC3O[C@H]4CCCC[C@H]4N3C(=O)C2=C(O)C1O. The van der Waals surface area contributed by atoms with Gasteiger partial charge in [0.1, 0.15) is 23.4 Å². The Morgan fingerprint density at radius 3 is 2.81 bits per heavy atom. The highest BCUT2D eigenvalue weighted by Crippen LogP contribution is 2.40. The average molecular weight is 447 g/mol. The molecule has 32 heavy (non-hydrogen) atoms. The van der Waals surface area contributed by atoms with Crippen molar-refractivity contribution >= 4 is 11.8 Å². The lowest BCUT2D eigenvalue weighted by atomic mass is 9.91. The number of aliphatic hydroxyl groups excluding tert-OH is 2. The monoisotopic (exact) mass is 447 g/mol. The summed E-state index contributed by atoms with van der Waals surface area (Å²) in [6.07, 6.45) is 2.78. The van der Waals surface area contributed by atoms with Crippen LogP contribution in [0.3, 0.4) is 0 Å². The van der Waals surface area contributed by atoms with Gasteiger partial charge in [-0.2, -0.15) is 0 Å². The van der Waals surface area contributed by atoms with Crippen LogP contribution in [-0.2, 0) is 20.9 Å². The molecular weight excluding hydrogens is 424 g/mol. The highest BCUT2D eigenvalue weighted by atomic mass is 19.1. The van der Waals surface area contributed by atoms with Crippen molar-refractivity contribution in [2.45, 2.75) is 56.7 Å². The minimum absolute atomic E-state index is 0.0518. The lowest BCUT2D eigenvalue weighted by Crippen LogP contribution is -2.56. The first kappa shape index (κ1) is 20.9. The van der Waals surface area contributed by atoms with Crippen molar-refractivity contribution in [3.05, 3.63) is 58.6 Å². The third-order valence-corrected chi connectivity index (χ3v) is 6.55. The van der Waals surface area contributed by atoms with Crippen LogP contribution >= 0.6 is 0 Å². The fourth-order valence-corrected chi connectivity index (χ4v) is 4.97. The zero-order valence-electron chi connectivity index (χ0n) is 17.1. The third kappa shape index (κ3) is 3.34. The number of aliphatic hydroxyl groups is 2. The lowest BCUT2D eigenvalue weighted by molar-refractivity contribution is -0.141. The molecule has 0 bridgehead atoms. The van der Waals surface area contributed by atoms with Gasteiger partial charge in [0.25, 0.3) is 11.8 Å². The van der Waals surface area contributed by atoms with Crippen molar-refractivity contribution in [2.75, 3.05) is 6.54 Å². The van der Waals surface area contributed by atoms with Gasteiger partial charge in [-0.25, -0.2) is 8.78 Å². The predicted octanol–water partition coefficient (Wildman–Crippen LogP) is 1.42. The Kier molecular flexibility index (Phi) is 5.13. The summed E-state index contributed by atoms with van der Waals surface area (Å²) in [5, 5.41) is 23.6. The molecule has 3 heterocycles. The van der Waals surface area contributed by atoms with E-state index in [0.717, 1.165) is 31.7 Å². The molecule has 0 spiro atoms. The van der Waals surface area contributed by atoms with Gasteiger partial charge in [-0.15, -0.1) is 0 Å². The van der Waals surface area contributed by atoms with E-state index < -0.39 is 41.5 Å². The number of hydrogen-bond acceptors (Lipinski definition) is 6. The maximum Gasteiger partial charge on any atom is 0.276 e. The van der Waals surface area contributed by atoms with Crippen LogP contribution in [0.2, 0.25) is 0 Å². The van der Waals surface area contributed by atoms with Crippen molar-refractivity contribution in [1.82, 2.24) is 15.1 Å². The molecule has 2 saturated heterocycles. The fraction of sp³-hybridized carbons (Fsp3) is 0.455. The molecule has 5 rings (SSSR count). The maximum atomic E-state index is 13.8. The molecule has 4 aliphatic rings. The maximum absolute atomic E-state index is 13.8. The summed E-state index contributed by atoms with van der Waals surface area (Å²) in [5.41, 5.74) is -0.188. The van der Waals surface area contributed by atoms with Gasteiger partial charge in [-0.3, -0.25) is 9.59 Å². The molecule has 2 unspecified atom stereocenters. The Bertz CT molecular complexity index is 1040. The molecule has 0 radical (unpaired) electrons. The summed E-state index contributed by atoms with van der Waals surface area (Å²) in [5.74, 6) is -3.33. The van der Waals surface area contributed by atoms with Gasteiger partial charge in [0.05, 0.1) is 24.3 Å². The van der Waals surface area contributed by atoms with Gasteiger partial charge in [0, 0.05) is 24.4 Å². The van der Waals surface area contributed by atoms with Crippen LogP contribution in [0.15, 0.2) is 41.4 Å². The van der Waals surface area contributed by atoms with Crippen LogP contribution in [0, 0.1) is 11.6 Å².